The Kier molecular flexibility index (Phi) is 12.3. The van der Waals surface area contributed by atoms with Gasteiger partial charge in [-0.15, -0.1) is 0 Å². The van der Waals surface area contributed by atoms with Crippen LogP contribution in [0.1, 0.15) is 30.4 Å². The molecular formula is C23H24NNa3O10. The van der Waals surface area contributed by atoms with E-state index in [9.17, 15) is 39.9 Å². The topological polar surface area (TPSA) is 194 Å². The maximum absolute atomic E-state index is 10.4. The van der Waals surface area contributed by atoms with Crippen LogP contribution in [-0.4, -0.2) is 75.6 Å². The van der Waals surface area contributed by atoms with Crippen LogP contribution in [0.15, 0.2) is 24.3 Å². The van der Waals surface area contributed by atoms with Crippen LogP contribution in [0.4, 0.5) is 0 Å². The maximum atomic E-state index is 10.4. The number of nitrogens with zero attached hydrogens (tertiary/aromatic N) is 1. The first kappa shape index (κ1) is 34.9. The van der Waals surface area contributed by atoms with Crippen LogP contribution in [0.25, 0.3) is 0 Å². The fraction of sp³-hybridized carbons (Fsp3) is 0.522. The number of aliphatic hydroxyl groups is 2. The quantitative estimate of drug-likeness (QED) is 0.236. The number of hydrogen-bond acceptors (Lipinski definition) is 11. The molecule has 0 saturated carbocycles. The van der Waals surface area contributed by atoms with Gasteiger partial charge in [-0.2, -0.15) is 0 Å². The number of piperidine rings is 1. The predicted molar refractivity (Wildman–Crippen MR) is 107 cm³/mol. The van der Waals surface area contributed by atoms with Gasteiger partial charge in [0.25, 0.3) is 0 Å². The Morgan fingerprint density at radius 2 is 1.70 bits per heavy atom. The van der Waals surface area contributed by atoms with Crippen LogP contribution >= 0.6 is 0 Å². The number of hydrogen-bond donors (Lipinski definition) is 3. The summed E-state index contributed by atoms with van der Waals surface area (Å²) in [5, 5.41) is 59.6. The number of carbonyl (C=O) groups excluding carboxylic acids is 3. The fourth-order valence-corrected chi connectivity index (χ4v) is 5.92. The standard InChI is InChI=1S/C17H19NO3.C6H8O7.3Na/c1-18-7-6-17-10-3-5-13(20)16(17)21-15-12(19)4-2-9(14(15)17)8-11(10)18;7-3(8)1-6(13,5(11)12)2-4(9)10;;;/h2-5,10-11,13,16,19-20H,6-8H2,1H3;13H,1-2H2,(H,7,8)(H,9,10)(H,11,12);;;/q;;3*+1/p-3/t10-,11+,13-,16-,17-;;;;/m0..../s1. The van der Waals surface area contributed by atoms with Gasteiger partial charge in [0.2, 0.25) is 0 Å². The number of phenols is 1. The summed E-state index contributed by atoms with van der Waals surface area (Å²) in [6, 6.07) is 4.23. The number of phenolic OH excluding ortho intramolecular Hbond substituents is 1. The number of ether oxygens (including phenoxy) is 1. The van der Waals surface area contributed by atoms with Gasteiger partial charge in [-0.1, -0.05) is 18.2 Å². The van der Waals surface area contributed by atoms with E-state index in [1.807, 2.05) is 12.1 Å². The van der Waals surface area contributed by atoms with Crippen molar-refractivity contribution >= 4 is 17.9 Å². The summed E-state index contributed by atoms with van der Waals surface area (Å²) in [5.74, 6) is -4.80. The summed E-state index contributed by atoms with van der Waals surface area (Å²) in [5.41, 5.74) is -0.684. The van der Waals surface area contributed by atoms with Gasteiger partial charge >= 0.3 is 88.7 Å². The van der Waals surface area contributed by atoms with Crippen molar-refractivity contribution in [2.75, 3.05) is 13.6 Å². The van der Waals surface area contributed by atoms with Crippen LogP contribution < -0.4 is 109 Å². The number of benzene rings is 1. The van der Waals surface area contributed by atoms with E-state index < -0.39 is 42.5 Å². The molecule has 5 atom stereocenters. The molecule has 1 aromatic rings. The molecule has 3 N–H and O–H groups in total. The minimum atomic E-state index is -2.97. The molecule has 11 nitrogen and oxygen atoms in total. The van der Waals surface area contributed by atoms with Gasteiger partial charge in [0.1, 0.15) is 17.8 Å². The normalized spacial score (nSPS) is 28.0. The van der Waals surface area contributed by atoms with Crippen molar-refractivity contribution < 1.29 is 138 Å². The van der Waals surface area contributed by atoms with Crippen LogP contribution in [0.2, 0.25) is 0 Å². The van der Waals surface area contributed by atoms with Crippen LogP contribution in [0.5, 0.6) is 11.5 Å². The van der Waals surface area contributed by atoms with E-state index in [2.05, 4.69) is 18.0 Å². The van der Waals surface area contributed by atoms with E-state index in [-0.39, 0.29) is 106 Å². The van der Waals surface area contributed by atoms with Gasteiger partial charge in [0.15, 0.2) is 11.5 Å². The minimum Gasteiger partial charge on any atom is -0.550 e. The van der Waals surface area contributed by atoms with Gasteiger partial charge in [-0.25, -0.2) is 0 Å². The third-order valence-corrected chi connectivity index (χ3v) is 7.40. The summed E-state index contributed by atoms with van der Waals surface area (Å²) in [6.07, 6.45) is 2.46. The van der Waals surface area contributed by atoms with Gasteiger partial charge in [-0.05, 0) is 38.1 Å². The van der Waals surface area contributed by atoms with E-state index in [1.165, 1.54) is 11.1 Å². The molecule has 1 fully saturated rings. The predicted octanol–water partition coefficient (Wildman–Crippen LogP) is -13.0. The van der Waals surface area contributed by atoms with E-state index in [0.717, 1.165) is 19.4 Å². The maximum Gasteiger partial charge on any atom is 1.00 e. The molecule has 2 aliphatic heterocycles. The second-order valence-electron chi connectivity index (χ2n) is 9.35. The largest absolute Gasteiger partial charge is 1.00 e. The summed E-state index contributed by atoms with van der Waals surface area (Å²) in [7, 11) is 2.19. The first-order chi connectivity index (χ1) is 15.9. The Labute approximate surface area is 279 Å². The summed E-state index contributed by atoms with van der Waals surface area (Å²) in [6.45, 7) is 1.01. The molecule has 14 heteroatoms. The smallest absolute Gasteiger partial charge is 0.550 e. The first-order valence-corrected chi connectivity index (χ1v) is 10.8. The molecule has 2 heterocycles. The second-order valence-corrected chi connectivity index (χ2v) is 9.35. The average molecular weight is 543 g/mol. The van der Waals surface area contributed by atoms with Crippen LogP contribution in [0.3, 0.4) is 0 Å². The van der Waals surface area contributed by atoms with Gasteiger partial charge in [0, 0.05) is 47.7 Å². The van der Waals surface area contributed by atoms with Crippen molar-refractivity contribution in [3.63, 3.8) is 0 Å². The second kappa shape index (κ2) is 13.0. The van der Waals surface area contributed by atoms with Crippen molar-refractivity contribution in [2.24, 2.45) is 5.92 Å². The third-order valence-electron chi connectivity index (χ3n) is 7.40. The number of aromatic hydroxyl groups is 1. The Hall–Kier alpha value is -0.150. The number of aliphatic carboxylic acids is 3. The zero-order valence-electron chi connectivity index (χ0n) is 21.3. The van der Waals surface area contributed by atoms with Crippen molar-refractivity contribution in [3.8, 4) is 11.5 Å². The number of likely N-dealkylation sites (N-methyl/N-ethyl adjacent to an activating group) is 1. The Morgan fingerprint density at radius 1 is 1.11 bits per heavy atom. The van der Waals surface area contributed by atoms with Crippen molar-refractivity contribution in [3.05, 3.63) is 35.4 Å². The molecule has 184 valence electrons. The van der Waals surface area contributed by atoms with E-state index in [4.69, 9.17) is 9.84 Å². The zero-order valence-corrected chi connectivity index (χ0v) is 27.3. The van der Waals surface area contributed by atoms with Crippen molar-refractivity contribution in [2.45, 2.75) is 54.9 Å². The molecule has 0 radical (unpaired) electrons. The Balaban J connectivity index is 0.000000382. The summed E-state index contributed by atoms with van der Waals surface area (Å²) in [4.78, 5) is 32.4. The molecule has 2 aliphatic carbocycles. The number of likely N-dealkylation sites (tertiary alicyclic amines) is 1. The van der Waals surface area contributed by atoms with E-state index in [0.29, 0.717) is 17.7 Å². The zero-order chi connectivity index (χ0) is 25.0. The first-order valence-electron chi connectivity index (χ1n) is 10.8. The molecule has 0 amide bonds. The number of carboxylic acid groups (broad SMARTS) is 3. The number of rotatable bonds is 5. The summed E-state index contributed by atoms with van der Waals surface area (Å²) < 4.78 is 6.09. The monoisotopic (exact) mass is 543 g/mol. The third kappa shape index (κ3) is 6.13. The van der Waals surface area contributed by atoms with Gasteiger partial charge in [0.05, 0.1) is 5.97 Å². The molecule has 37 heavy (non-hydrogen) atoms. The molecular weight excluding hydrogens is 519 g/mol. The molecule has 1 spiro atoms. The molecule has 0 unspecified atom stereocenters. The molecule has 1 saturated heterocycles. The average Bonchev–Trinajstić information content (AvgIpc) is 3.09. The minimum absolute atomic E-state index is 0. The fourth-order valence-electron chi connectivity index (χ4n) is 5.92. The number of carbonyl (C=O) groups is 3. The molecule has 1 aromatic carbocycles. The molecule has 2 bridgehead atoms. The van der Waals surface area contributed by atoms with Gasteiger partial charge < -0.3 is 54.7 Å². The van der Waals surface area contributed by atoms with Crippen LogP contribution in [0, 0.1) is 5.92 Å². The number of carboxylic acids is 3. The Bertz CT molecular complexity index is 1070. The van der Waals surface area contributed by atoms with Gasteiger partial charge in [-0.3, -0.25) is 0 Å². The summed E-state index contributed by atoms with van der Waals surface area (Å²) >= 11 is 0. The van der Waals surface area contributed by atoms with Crippen molar-refractivity contribution in [1.82, 2.24) is 4.90 Å². The van der Waals surface area contributed by atoms with Crippen LogP contribution in [-0.2, 0) is 26.2 Å². The number of aliphatic hydroxyl groups excluding tert-OH is 1. The molecule has 4 aliphatic rings. The molecule has 5 rings (SSSR count). The Morgan fingerprint density at radius 3 is 2.24 bits per heavy atom. The SMILES string of the molecule is CN1CC[C@]23c4c5ccc(O)c4O[C@H]2[C@@H](O)C=C[C@H]3[C@H]1C5.O=C([O-])CC(O)(CC(=O)[O-])C(=O)[O-].[Na+].[Na+].[Na+]. The van der Waals surface area contributed by atoms with E-state index >= 15 is 0 Å². The molecule has 0 aromatic heterocycles. The van der Waals surface area contributed by atoms with Crippen molar-refractivity contribution in [1.29, 1.82) is 0 Å². The van der Waals surface area contributed by atoms with E-state index in [1.54, 1.807) is 6.07 Å².